The molecule has 0 aliphatic heterocycles. The molecule has 2 aromatic carbocycles. The van der Waals surface area contributed by atoms with Gasteiger partial charge in [0.2, 0.25) is 0 Å². The van der Waals surface area contributed by atoms with E-state index in [9.17, 15) is 19.1 Å². The molecule has 0 fully saturated rings. The molecule has 108 valence electrons. The van der Waals surface area contributed by atoms with Gasteiger partial charge in [0.25, 0.3) is 5.91 Å². The Morgan fingerprint density at radius 2 is 1.86 bits per heavy atom. The molecule has 2 N–H and O–H groups in total. The SMILES string of the molecule is Cc1cccc(NC(=O)c2cccc(Cl)c2F)c1C(=O)O. The fourth-order valence-corrected chi connectivity index (χ4v) is 2.10. The first-order valence-corrected chi connectivity index (χ1v) is 6.38. The Morgan fingerprint density at radius 1 is 1.19 bits per heavy atom. The molecular formula is C15H11ClFNO3. The molecule has 2 aromatic rings. The molecule has 6 heteroatoms. The van der Waals surface area contributed by atoms with Gasteiger partial charge in [0, 0.05) is 0 Å². The van der Waals surface area contributed by atoms with Crippen LogP contribution in [0.4, 0.5) is 10.1 Å². The van der Waals surface area contributed by atoms with Gasteiger partial charge in [0.1, 0.15) is 0 Å². The van der Waals surface area contributed by atoms with E-state index in [4.69, 9.17) is 11.6 Å². The fourth-order valence-electron chi connectivity index (χ4n) is 1.92. The van der Waals surface area contributed by atoms with Gasteiger partial charge >= 0.3 is 5.97 Å². The summed E-state index contributed by atoms with van der Waals surface area (Å²) in [5.41, 5.74) is 0.312. The maximum atomic E-state index is 13.8. The summed E-state index contributed by atoms with van der Waals surface area (Å²) >= 11 is 5.62. The largest absolute Gasteiger partial charge is 0.478 e. The molecule has 0 heterocycles. The second kappa shape index (κ2) is 5.93. The van der Waals surface area contributed by atoms with E-state index < -0.39 is 17.7 Å². The Hall–Kier alpha value is -2.40. The van der Waals surface area contributed by atoms with Gasteiger partial charge in [-0.3, -0.25) is 4.79 Å². The number of carboxylic acids is 1. The number of halogens is 2. The summed E-state index contributed by atoms with van der Waals surface area (Å²) in [5.74, 6) is -2.78. The lowest BCUT2D eigenvalue weighted by atomic mass is 10.1. The van der Waals surface area contributed by atoms with Crippen molar-refractivity contribution in [2.75, 3.05) is 5.32 Å². The number of nitrogens with one attached hydrogen (secondary N) is 1. The lowest BCUT2D eigenvalue weighted by Crippen LogP contribution is -2.17. The van der Waals surface area contributed by atoms with Crippen LogP contribution < -0.4 is 5.32 Å². The third kappa shape index (κ3) is 3.03. The quantitative estimate of drug-likeness (QED) is 0.907. The van der Waals surface area contributed by atoms with Gasteiger partial charge in [0.15, 0.2) is 5.82 Å². The molecule has 0 spiro atoms. The Morgan fingerprint density at radius 3 is 2.52 bits per heavy atom. The fraction of sp³-hybridized carbons (Fsp3) is 0.0667. The normalized spacial score (nSPS) is 10.2. The van der Waals surface area contributed by atoms with Gasteiger partial charge in [-0.1, -0.05) is 29.8 Å². The van der Waals surface area contributed by atoms with Crippen molar-refractivity contribution in [3.8, 4) is 0 Å². The van der Waals surface area contributed by atoms with Crippen molar-refractivity contribution in [2.24, 2.45) is 0 Å². The minimum Gasteiger partial charge on any atom is -0.478 e. The number of aryl methyl sites for hydroxylation is 1. The van der Waals surface area contributed by atoms with Crippen molar-refractivity contribution in [1.29, 1.82) is 0 Å². The first-order chi connectivity index (χ1) is 9.91. The first-order valence-electron chi connectivity index (χ1n) is 6.00. The summed E-state index contributed by atoms with van der Waals surface area (Å²) in [5, 5.41) is 11.4. The van der Waals surface area contributed by atoms with Gasteiger partial charge in [0.05, 0.1) is 21.8 Å². The Labute approximate surface area is 125 Å². The minimum atomic E-state index is -1.17. The van der Waals surface area contributed by atoms with Gasteiger partial charge in [-0.2, -0.15) is 0 Å². The van der Waals surface area contributed by atoms with Crippen molar-refractivity contribution in [3.05, 3.63) is 63.9 Å². The van der Waals surface area contributed by atoms with Crippen molar-refractivity contribution in [3.63, 3.8) is 0 Å². The first kappa shape index (κ1) is 15.0. The highest BCUT2D eigenvalue weighted by molar-refractivity contribution is 6.31. The summed E-state index contributed by atoms with van der Waals surface area (Å²) in [6.45, 7) is 1.61. The number of benzene rings is 2. The van der Waals surface area contributed by atoms with Crippen LogP contribution in [0.1, 0.15) is 26.3 Å². The van der Waals surface area contributed by atoms with Crippen molar-refractivity contribution in [2.45, 2.75) is 6.92 Å². The standard InChI is InChI=1S/C15H11ClFNO3/c1-8-4-2-7-11(12(8)15(20)21)18-14(19)9-5-3-6-10(16)13(9)17/h2-7H,1H3,(H,18,19)(H,20,21). The van der Waals surface area contributed by atoms with Gasteiger partial charge in [-0.25, -0.2) is 9.18 Å². The second-order valence-electron chi connectivity index (χ2n) is 4.36. The molecule has 0 aliphatic rings. The molecule has 0 bridgehead atoms. The summed E-state index contributed by atoms with van der Waals surface area (Å²) in [6, 6.07) is 8.69. The molecule has 0 radical (unpaired) electrons. The molecule has 0 unspecified atom stereocenters. The maximum Gasteiger partial charge on any atom is 0.338 e. The van der Waals surface area contributed by atoms with Crippen LogP contribution in [0.15, 0.2) is 36.4 Å². The number of carbonyl (C=O) groups excluding carboxylic acids is 1. The predicted molar refractivity (Wildman–Crippen MR) is 77.5 cm³/mol. The highest BCUT2D eigenvalue weighted by atomic mass is 35.5. The molecule has 4 nitrogen and oxygen atoms in total. The third-order valence-corrected chi connectivity index (χ3v) is 3.22. The highest BCUT2D eigenvalue weighted by Crippen LogP contribution is 2.22. The van der Waals surface area contributed by atoms with E-state index in [1.807, 2.05) is 0 Å². The zero-order valence-corrected chi connectivity index (χ0v) is 11.7. The van der Waals surface area contributed by atoms with Crippen LogP contribution in [-0.4, -0.2) is 17.0 Å². The average molecular weight is 308 g/mol. The number of carboxylic acid groups (broad SMARTS) is 1. The van der Waals surface area contributed by atoms with Crippen molar-refractivity contribution in [1.82, 2.24) is 0 Å². The Balaban J connectivity index is 2.39. The van der Waals surface area contributed by atoms with Crippen LogP contribution in [0.5, 0.6) is 0 Å². The number of rotatable bonds is 3. The average Bonchev–Trinajstić information content (AvgIpc) is 2.41. The van der Waals surface area contributed by atoms with E-state index in [1.165, 1.54) is 24.3 Å². The molecule has 0 aliphatic carbocycles. The van der Waals surface area contributed by atoms with E-state index in [2.05, 4.69) is 5.32 Å². The summed E-state index contributed by atoms with van der Waals surface area (Å²) < 4.78 is 13.8. The number of aromatic carboxylic acids is 1. The van der Waals surface area contributed by atoms with Gasteiger partial charge in [-0.15, -0.1) is 0 Å². The van der Waals surface area contributed by atoms with Gasteiger partial charge < -0.3 is 10.4 Å². The number of hydrogen-bond acceptors (Lipinski definition) is 2. The summed E-state index contributed by atoms with van der Waals surface area (Å²) in [6.07, 6.45) is 0. The maximum absolute atomic E-state index is 13.8. The molecule has 0 aromatic heterocycles. The molecule has 0 atom stereocenters. The van der Waals surface area contributed by atoms with Crippen LogP contribution in [0.2, 0.25) is 5.02 Å². The van der Waals surface area contributed by atoms with Crippen molar-refractivity contribution >= 4 is 29.2 Å². The number of carbonyl (C=O) groups is 2. The van der Waals surface area contributed by atoms with E-state index >= 15 is 0 Å². The molecule has 1 amide bonds. The van der Waals surface area contributed by atoms with E-state index in [0.717, 1.165) is 0 Å². The predicted octanol–water partition coefficient (Wildman–Crippen LogP) is 3.74. The zero-order valence-electron chi connectivity index (χ0n) is 11.0. The molecular weight excluding hydrogens is 297 g/mol. The van der Waals surface area contributed by atoms with Crippen LogP contribution in [0.25, 0.3) is 0 Å². The lowest BCUT2D eigenvalue weighted by molar-refractivity contribution is 0.0697. The second-order valence-corrected chi connectivity index (χ2v) is 4.77. The van der Waals surface area contributed by atoms with E-state index in [0.29, 0.717) is 5.56 Å². The highest BCUT2D eigenvalue weighted by Gasteiger charge is 2.18. The Kier molecular flexibility index (Phi) is 4.23. The monoisotopic (exact) mass is 307 g/mol. The molecule has 0 saturated carbocycles. The molecule has 2 rings (SSSR count). The van der Waals surface area contributed by atoms with E-state index in [1.54, 1.807) is 19.1 Å². The van der Waals surface area contributed by atoms with E-state index in [-0.39, 0.29) is 21.8 Å². The van der Waals surface area contributed by atoms with Crippen LogP contribution in [0.3, 0.4) is 0 Å². The smallest absolute Gasteiger partial charge is 0.338 e. The topological polar surface area (TPSA) is 66.4 Å². The zero-order chi connectivity index (χ0) is 15.6. The molecule has 0 saturated heterocycles. The number of amides is 1. The minimum absolute atomic E-state index is 0.0340. The van der Waals surface area contributed by atoms with Crippen LogP contribution in [0, 0.1) is 12.7 Å². The van der Waals surface area contributed by atoms with Gasteiger partial charge in [-0.05, 0) is 30.7 Å². The molecule has 21 heavy (non-hydrogen) atoms. The Bertz CT molecular complexity index is 731. The van der Waals surface area contributed by atoms with Crippen molar-refractivity contribution < 1.29 is 19.1 Å². The third-order valence-electron chi connectivity index (χ3n) is 2.93. The summed E-state index contributed by atoms with van der Waals surface area (Å²) in [7, 11) is 0. The lowest BCUT2D eigenvalue weighted by Gasteiger charge is -2.11. The summed E-state index contributed by atoms with van der Waals surface area (Å²) in [4.78, 5) is 23.3. The number of anilines is 1. The van der Waals surface area contributed by atoms with Crippen LogP contribution >= 0.6 is 11.6 Å². The van der Waals surface area contributed by atoms with Crippen LogP contribution in [-0.2, 0) is 0 Å². The number of hydrogen-bond donors (Lipinski definition) is 2.